The summed E-state index contributed by atoms with van der Waals surface area (Å²) in [6.45, 7) is 3.66. The minimum Gasteiger partial charge on any atom is -0.380 e. The van der Waals surface area contributed by atoms with Gasteiger partial charge in [-0.1, -0.05) is 23.8 Å². The molecule has 2 fully saturated rings. The number of aryl methyl sites for hydroxylation is 1. The average Bonchev–Trinajstić information content (AvgIpc) is 2.72. The van der Waals surface area contributed by atoms with E-state index in [4.69, 9.17) is 9.47 Å². The number of nitrogens with zero attached hydrogens (tertiary/aromatic N) is 1. The van der Waals surface area contributed by atoms with Crippen molar-refractivity contribution in [2.45, 2.75) is 44.6 Å². The molecular formula is C22H28FNO3. The molecule has 4 rings (SSSR count). The van der Waals surface area contributed by atoms with Crippen LogP contribution in [-0.2, 0) is 20.7 Å². The van der Waals surface area contributed by atoms with Crippen molar-refractivity contribution in [3.63, 3.8) is 0 Å². The maximum absolute atomic E-state index is 13.4. The van der Waals surface area contributed by atoms with E-state index in [1.54, 1.807) is 6.07 Å². The van der Waals surface area contributed by atoms with Gasteiger partial charge in [0.25, 0.3) is 0 Å². The number of amides is 1. The first-order chi connectivity index (χ1) is 13.2. The predicted molar refractivity (Wildman–Crippen MR) is 101 cm³/mol. The Labute approximate surface area is 160 Å². The van der Waals surface area contributed by atoms with Crippen LogP contribution in [0.5, 0.6) is 0 Å². The second kappa shape index (κ2) is 8.11. The fraction of sp³-hybridized carbons (Fsp3) is 0.591. The molecule has 0 N–H and O–H groups in total. The summed E-state index contributed by atoms with van der Waals surface area (Å²) in [5, 5.41) is 0. The summed E-state index contributed by atoms with van der Waals surface area (Å²) in [4.78, 5) is 15.2. The lowest BCUT2D eigenvalue weighted by atomic mass is 9.65. The maximum Gasteiger partial charge on any atom is 0.223 e. The molecule has 0 spiro atoms. The van der Waals surface area contributed by atoms with E-state index in [0.717, 1.165) is 44.4 Å². The molecule has 0 bridgehead atoms. The van der Waals surface area contributed by atoms with Crippen LogP contribution in [0.2, 0.25) is 0 Å². The van der Waals surface area contributed by atoms with Crippen LogP contribution in [0.25, 0.3) is 0 Å². The number of likely N-dealkylation sites (tertiary alicyclic amines) is 1. The lowest BCUT2D eigenvalue weighted by Crippen LogP contribution is -2.59. The molecule has 0 saturated carbocycles. The van der Waals surface area contributed by atoms with Gasteiger partial charge in [0.05, 0.1) is 19.8 Å². The van der Waals surface area contributed by atoms with Crippen LogP contribution in [-0.4, -0.2) is 49.8 Å². The van der Waals surface area contributed by atoms with Gasteiger partial charge in [0.1, 0.15) is 5.82 Å². The molecule has 0 radical (unpaired) electrons. The second-order valence-corrected chi connectivity index (χ2v) is 7.89. The number of halogens is 1. The molecule has 1 aromatic rings. The number of hydrogen-bond donors (Lipinski definition) is 0. The van der Waals surface area contributed by atoms with Gasteiger partial charge in [-0.05, 0) is 49.8 Å². The van der Waals surface area contributed by atoms with Crippen LogP contribution in [0.1, 0.15) is 37.7 Å². The average molecular weight is 373 g/mol. The van der Waals surface area contributed by atoms with Gasteiger partial charge in [-0.15, -0.1) is 0 Å². The number of fused-ring (bicyclic) bond motifs is 1. The lowest BCUT2D eigenvalue weighted by molar-refractivity contribution is -0.147. The van der Waals surface area contributed by atoms with Crippen LogP contribution in [0.4, 0.5) is 4.39 Å². The van der Waals surface area contributed by atoms with Crippen molar-refractivity contribution in [3.8, 4) is 0 Å². The van der Waals surface area contributed by atoms with Gasteiger partial charge >= 0.3 is 0 Å². The number of ether oxygens (including phenoxy) is 2. The van der Waals surface area contributed by atoms with E-state index in [1.807, 2.05) is 6.07 Å². The van der Waals surface area contributed by atoms with Gasteiger partial charge in [-0.3, -0.25) is 4.79 Å². The highest BCUT2D eigenvalue weighted by atomic mass is 19.1. The number of rotatable bonds is 4. The number of hydrogen-bond acceptors (Lipinski definition) is 3. The highest BCUT2D eigenvalue weighted by Crippen LogP contribution is 2.48. The topological polar surface area (TPSA) is 38.8 Å². The van der Waals surface area contributed by atoms with Crippen molar-refractivity contribution in [2.24, 2.45) is 5.41 Å². The fourth-order valence-electron chi connectivity index (χ4n) is 5.07. The van der Waals surface area contributed by atoms with E-state index < -0.39 is 0 Å². The summed E-state index contributed by atoms with van der Waals surface area (Å²) in [7, 11) is 0. The third-order valence-electron chi connectivity index (χ3n) is 6.37. The summed E-state index contributed by atoms with van der Waals surface area (Å²) in [6.07, 6.45) is 7.14. The Bertz CT molecular complexity index is 715. The summed E-state index contributed by atoms with van der Waals surface area (Å²) < 4.78 is 24.8. The van der Waals surface area contributed by atoms with Gasteiger partial charge < -0.3 is 14.4 Å². The van der Waals surface area contributed by atoms with Gasteiger partial charge in [-0.25, -0.2) is 4.39 Å². The zero-order valence-corrected chi connectivity index (χ0v) is 15.8. The Morgan fingerprint density at radius 1 is 1.30 bits per heavy atom. The molecule has 1 aromatic carbocycles. The van der Waals surface area contributed by atoms with E-state index in [0.29, 0.717) is 32.7 Å². The quantitative estimate of drug-likeness (QED) is 0.759. The summed E-state index contributed by atoms with van der Waals surface area (Å²) in [6, 6.07) is 6.77. The molecule has 3 aliphatic heterocycles. The zero-order valence-electron chi connectivity index (χ0n) is 15.8. The molecular weight excluding hydrogens is 345 g/mol. The third-order valence-corrected chi connectivity index (χ3v) is 6.37. The van der Waals surface area contributed by atoms with E-state index in [1.165, 1.54) is 17.7 Å². The Balaban J connectivity index is 1.50. The van der Waals surface area contributed by atoms with Crippen LogP contribution < -0.4 is 0 Å². The van der Waals surface area contributed by atoms with Crippen LogP contribution in [0.15, 0.2) is 35.9 Å². The second-order valence-electron chi connectivity index (χ2n) is 7.89. The number of carbonyl (C=O) groups is 1. The summed E-state index contributed by atoms with van der Waals surface area (Å²) >= 11 is 0. The van der Waals surface area contributed by atoms with Gasteiger partial charge in [0.2, 0.25) is 5.91 Å². The van der Waals surface area contributed by atoms with Crippen molar-refractivity contribution in [3.05, 3.63) is 47.3 Å². The Kier molecular flexibility index (Phi) is 5.60. The highest BCUT2D eigenvalue weighted by Gasteiger charge is 2.50. The molecule has 1 amide bonds. The zero-order chi connectivity index (χ0) is 18.7. The lowest BCUT2D eigenvalue weighted by Gasteiger charge is -2.54. The molecule has 0 unspecified atom stereocenters. The van der Waals surface area contributed by atoms with Crippen LogP contribution in [0, 0.1) is 11.2 Å². The molecule has 0 aliphatic carbocycles. The Hall–Kier alpha value is -1.72. The van der Waals surface area contributed by atoms with Gasteiger partial charge in [-0.2, -0.15) is 0 Å². The van der Waals surface area contributed by atoms with Crippen molar-refractivity contribution >= 4 is 5.91 Å². The molecule has 5 heteroatoms. The monoisotopic (exact) mass is 373 g/mol. The first kappa shape index (κ1) is 18.6. The van der Waals surface area contributed by atoms with E-state index in [2.05, 4.69) is 11.0 Å². The SMILES string of the molecule is O=C(CCc1cccc(F)c1)N1CCC[C@]2(C3=CCOCC3)COCC[C@@H]12. The Morgan fingerprint density at radius 2 is 2.22 bits per heavy atom. The highest BCUT2D eigenvalue weighted by molar-refractivity contribution is 5.77. The van der Waals surface area contributed by atoms with Crippen LogP contribution >= 0.6 is 0 Å². The molecule has 3 aliphatic rings. The molecule has 4 nitrogen and oxygen atoms in total. The van der Waals surface area contributed by atoms with Crippen molar-refractivity contribution in [2.75, 3.05) is 33.0 Å². The Morgan fingerprint density at radius 3 is 3.04 bits per heavy atom. The van der Waals surface area contributed by atoms with Crippen molar-refractivity contribution in [1.82, 2.24) is 4.90 Å². The molecule has 3 heterocycles. The molecule has 27 heavy (non-hydrogen) atoms. The largest absolute Gasteiger partial charge is 0.380 e. The third kappa shape index (κ3) is 3.81. The first-order valence-corrected chi connectivity index (χ1v) is 10.1. The van der Waals surface area contributed by atoms with Gasteiger partial charge in [0, 0.05) is 31.0 Å². The molecule has 0 aromatic heterocycles. The smallest absolute Gasteiger partial charge is 0.223 e. The summed E-state index contributed by atoms with van der Waals surface area (Å²) in [5.41, 5.74) is 2.25. The number of piperidine rings is 1. The van der Waals surface area contributed by atoms with Crippen molar-refractivity contribution in [1.29, 1.82) is 0 Å². The molecule has 146 valence electrons. The van der Waals surface area contributed by atoms with E-state index in [-0.39, 0.29) is 23.2 Å². The normalized spacial score (nSPS) is 28.4. The predicted octanol–water partition coefficient (Wildman–Crippen LogP) is 3.50. The number of benzene rings is 1. The molecule has 2 atom stereocenters. The number of carbonyl (C=O) groups excluding carboxylic acids is 1. The van der Waals surface area contributed by atoms with Gasteiger partial charge in [0.15, 0.2) is 0 Å². The fourth-order valence-corrected chi connectivity index (χ4v) is 5.07. The van der Waals surface area contributed by atoms with E-state index in [9.17, 15) is 9.18 Å². The van der Waals surface area contributed by atoms with Crippen molar-refractivity contribution < 1.29 is 18.7 Å². The maximum atomic E-state index is 13.4. The summed E-state index contributed by atoms with van der Waals surface area (Å²) in [5.74, 6) is -0.0595. The molecule has 2 saturated heterocycles. The first-order valence-electron chi connectivity index (χ1n) is 10.1. The minimum atomic E-state index is -0.243. The van der Waals surface area contributed by atoms with Crippen LogP contribution in [0.3, 0.4) is 0 Å². The minimum absolute atomic E-state index is 0.0468. The standard InChI is InChI=1S/C22H28FNO3/c23-19-4-1-3-17(15-19)5-6-21(25)24-11-2-10-22(16-27-14-9-20(22)24)18-7-12-26-13-8-18/h1,3-4,7,15,20H,2,5-6,8-14,16H2/t20-,22-/m1/s1. The van der Waals surface area contributed by atoms with E-state index >= 15 is 0 Å².